The first-order valence-corrected chi connectivity index (χ1v) is 15.7. The van der Waals surface area contributed by atoms with Crippen LogP contribution in [0.2, 0.25) is 20.9 Å². The molecule has 4 nitrogen and oxygen atoms in total. The summed E-state index contributed by atoms with van der Waals surface area (Å²) in [6.07, 6.45) is 0. The Morgan fingerprint density at radius 2 is 0.705 bits per heavy atom. The predicted molar refractivity (Wildman–Crippen MR) is 179 cm³/mol. The van der Waals surface area contributed by atoms with Gasteiger partial charge in [0, 0.05) is 23.7 Å². The van der Waals surface area contributed by atoms with Crippen LogP contribution in [0.1, 0.15) is 46.2 Å². The molecular formula is C36H24Cl4N4. The van der Waals surface area contributed by atoms with Crippen molar-refractivity contribution >= 4 is 46.4 Å². The van der Waals surface area contributed by atoms with Gasteiger partial charge in [-0.2, -0.15) is 0 Å². The average molecular weight is 654 g/mol. The summed E-state index contributed by atoms with van der Waals surface area (Å²) in [6.45, 7) is 0. The molecule has 1 saturated carbocycles. The number of benzene rings is 4. The summed E-state index contributed by atoms with van der Waals surface area (Å²) in [7, 11) is 0. The zero-order valence-corrected chi connectivity index (χ0v) is 26.2. The lowest BCUT2D eigenvalue weighted by molar-refractivity contribution is 0.220. The average Bonchev–Trinajstić information content (AvgIpc) is 3.01. The van der Waals surface area contributed by atoms with Crippen LogP contribution < -0.4 is 0 Å². The summed E-state index contributed by atoms with van der Waals surface area (Å²) in [5.74, 6) is -0.253. The summed E-state index contributed by atoms with van der Waals surface area (Å²) >= 11 is 25.6. The summed E-state index contributed by atoms with van der Waals surface area (Å²) in [4.78, 5) is 17.6. The van der Waals surface area contributed by atoms with E-state index in [0.29, 0.717) is 10.3 Å². The molecule has 0 unspecified atom stereocenters. The molecule has 0 amide bonds. The second-order valence-electron chi connectivity index (χ2n) is 10.8. The van der Waals surface area contributed by atoms with Crippen molar-refractivity contribution in [2.45, 2.75) is 23.7 Å². The molecule has 1 aliphatic rings. The van der Waals surface area contributed by atoms with Crippen LogP contribution in [0, 0.1) is 0 Å². The van der Waals surface area contributed by atoms with E-state index in [1.807, 2.05) is 48.5 Å². The lowest BCUT2D eigenvalue weighted by Gasteiger charge is -2.52. The summed E-state index contributed by atoms with van der Waals surface area (Å²) in [5, 5.41) is 0.821. The standard InChI is InChI=1S/C36H24Cl4N4/c37-29-19-27(41-35(39)43-29)33-31(25-15-11-23(12-16-25)21-7-3-1-4-8-21)34(28-20-30(38)44-36(40)42-28)32(33)26-17-13-24(14-18-26)22-9-5-2-6-10-22/h1-20,31-34H. The number of hydrogen-bond donors (Lipinski definition) is 0. The molecule has 0 radical (unpaired) electrons. The number of aromatic nitrogens is 4. The SMILES string of the molecule is Clc1cc(C2C(c3ccc(-c4ccccc4)cc3)C(c3cc(Cl)nc(Cl)n3)C2c2ccc(-c3ccccc3)cc2)nc(Cl)n1. The van der Waals surface area contributed by atoms with Gasteiger partial charge in [0.05, 0.1) is 11.4 Å². The largest absolute Gasteiger partial charge is 0.224 e. The minimum Gasteiger partial charge on any atom is -0.223 e. The zero-order chi connectivity index (χ0) is 30.2. The van der Waals surface area contributed by atoms with Gasteiger partial charge in [-0.25, -0.2) is 19.9 Å². The third-order valence-corrected chi connectivity index (χ3v) is 9.14. The van der Waals surface area contributed by atoms with Crippen molar-refractivity contribution < 1.29 is 0 Å². The Labute approximate surface area is 275 Å². The molecule has 0 spiro atoms. The summed E-state index contributed by atoms with van der Waals surface area (Å²) < 4.78 is 0. The van der Waals surface area contributed by atoms with Crippen molar-refractivity contribution in [2.75, 3.05) is 0 Å². The molecule has 0 aliphatic heterocycles. The van der Waals surface area contributed by atoms with Crippen molar-refractivity contribution in [3.8, 4) is 22.3 Å². The molecule has 2 heterocycles. The van der Waals surface area contributed by atoms with Gasteiger partial charge in [0.25, 0.3) is 0 Å². The molecule has 6 aromatic rings. The highest BCUT2D eigenvalue weighted by molar-refractivity contribution is 6.32. The Balaban J connectivity index is 1.37. The highest BCUT2D eigenvalue weighted by Crippen LogP contribution is 2.66. The van der Waals surface area contributed by atoms with Crippen LogP contribution in [0.5, 0.6) is 0 Å². The quantitative estimate of drug-likeness (QED) is 0.133. The highest BCUT2D eigenvalue weighted by Gasteiger charge is 2.54. The Kier molecular flexibility index (Phi) is 8.09. The van der Waals surface area contributed by atoms with Crippen molar-refractivity contribution in [1.82, 2.24) is 19.9 Å². The molecule has 0 N–H and O–H groups in total. The molecule has 4 aromatic carbocycles. The van der Waals surface area contributed by atoms with Crippen molar-refractivity contribution in [2.24, 2.45) is 0 Å². The Bertz CT molecular complexity index is 1730. The molecule has 7 rings (SSSR count). The van der Waals surface area contributed by atoms with Crippen LogP contribution in [0.4, 0.5) is 0 Å². The molecule has 44 heavy (non-hydrogen) atoms. The second kappa shape index (κ2) is 12.3. The molecule has 1 aliphatic carbocycles. The summed E-state index contributed by atoms with van der Waals surface area (Å²) in [6, 6.07) is 41.6. The molecule has 216 valence electrons. The first kappa shape index (κ1) is 28.9. The zero-order valence-electron chi connectivity index (χ0n) is 23.2. The van der Waals surface area contributed by atoms with Crippen LogP contribution in [0.25, 0.3) is 22.3 Å². The number of rotatable bonds is 6. The third-order valence-electron chi connectivity index (χ3n) is 8.41. The van der Waals surface area contributed by atoms with Crippen LogP contribution in [0.15, 0.2) is 121 Å². The van der Waals surface area contributed by atoms with Crippen molar-refractivity contribution in [3.63, 3.8) is 0 Å². The Morgan fingerprint density at radius 1 is 0.364 bits per heavy atom. The molecule has 0 bridgehead atoms. The fourth-order valence-electron chi connectivity index (χ4n) is 6.52. The molecule has 2 aromatic heterocycles. The smallest absolute Gasteiger partial charge is 0.223 e. The van der Waals surface area contributed by atoms with Gasteiger partial charge in [0.1, 0.15) is 10.3 Å². The normalized spacial score (nSPS) is 19.4. The van der Waals surface area contributed by atoms with Crippen LogP contribution in [-0.2, 0) is 0 Å². The fourth-order valence-corrected chi connectivity index (χ4v) is 7.37. The maximum Gasteiger partial charge on any atom is 0.224 e. The van der Waals surface area contributed by atoms with Crippen LogP contribution in [-0.4, -0.2) is 19.9 Å². The van der Waals surface area contributed by atoms with Gasteiger partial charge in [-0.3, -0.25) is 0 Å². The number of hydrogen-bond acceptors (Lipinski definition) is 4. The van der Waals surface area contributed by atoms with Gasteiger partial charge in [-0.1, -0.05) is 132 Å². The highest BCUT2D eigenvalue weighted by atomic mass is 35.5. The lowest BCUT2D eigenvalue weighted by Crippen LogP contribution is -2.41. The maximum atomic E-state index is 6.44. The third kappa shape index (κ3) is 5.71. The van der Waals surface area contributed by atoms with E-state index >= 15 is 0 Å². The predicted octanol–water partition coefficient (Wildman–Crippen LogP) is 10.7. The Hall–Kier alpha value is -3.80. The van der Waals surface area contributed by atoms with Crippen molar-refractivity contribution in [1.29, 1.82) is 0 Å². The van der Waals surface area contributed by atoms with E-state index in [-0.39, 0.29) is 34.2 Å². The van der Waals surface area contributed by atoms with Gasteiger partial charge in [0.15, 0.2) is 0 Å². The molecule has 0 atom stereocenters. The van der Waals surface area contributed by atoms with Crippen LogP contribution in [0.3, 0.4) is 0 Å². The van der Waals surface area contributed by atoms with E-state index in [1.54, 1.807) is 0 Å². The molecule has 0 saturated heterocycles. The first-order chi connectivity index (χ1) is 21.4. The minimum atomic E-state index is -0.0873. The van der Waals surface area contributed by atoms with Crippen molar-refractivity contribution in [3.05, 3.63) is 165 Å². The van der Waals surface area contributed by atoms with Gasteiger partial charge in [-0.05, 0) is 68.7 Å². The number of nitrogens with zero attached hydrogens (tertiary/aromatic N) is 4. The van der Waals surface area contributed by atoms with E-state index in [4.69, 9.17) is 46.4 Å². The fraction of sp³-hybridized carbons (Fsp3) is 0.111. The molecular weight excluding hydrogens is 630 g/mol. The van der Waals surface area contributed by atoms with Gasteiger partial charge in [0.2, 0.25) is 10.6 Å². The van der Waals surface area contributed by atoms with E-state index in [9.17, 15) is 0 Å². The van der Waals surface area contributed by atoms with Gasteiger partial charge < -0.3 is 0 Å². The van der Waals surface area contributed by atoms with Crippen LogP contribution >= 0.6 is 46.4 Å². The second-order valence-corrected chi connectivity index (χ2v) is 12.3. The van der Waals surface area contributed by atoms with E-state index in [1.165, 1.54) is 0 Å². The summed E-state index contributed by atoms with van der Waals surface area (Å²) in [5.41, 5.74) is 8.38. The minimum absolute atomic E-state index is 0.0392. The van der Waals surface area contributed by atoms with E-state index < -0.39 is 0 Å². The number of halogens is 4. The monoisotopic (exact) mass is 652 g/mol. The maximum absolute atomic E-state index is 6.44. The van der Waals surface area contributed by atoms with Gasteiger partial charge >= 0.3 is 0 Å². The topological polar surface area (TPSA) is 51.6 Å². The van der Waals surface area contributed by atoms with E-state index in [0.717, 1.165) is 44.8 Å². The molecule has 8 heteroatoms. The molecule has 1 fully saturated rings. The van der Waals surface area contributed by atoms with Gasteiger partial charge in [-0.15, -0.1) is 0 Å². The first-order valence-electron chi connectivity index (χ1n) is 14.2. The Morgan fingerprint density at radius 3 is 1.05 bits per heavy atom. The lowest BCUT2D eigenvalue weighted by atomic mass is 9.50. The van der Waals surface area contributed by atoms with E-state index in [2.05, 4.69) is 92.7 Å².